The maximum atomic E-state index is 12.5. The summed E-state index contributed by atoms with van der Waals surface area (Å²) in [6.45, 7) is 2.14. The minimum absolute atomic E-state index is 0.0143. The average molecular weight is 437 g/mol. The average Bonchev–Trinajstić information content (AvgIpc) is 2.79. The van der Waals surface area contributed by atoms with Gasteiger partial charge in [-0.05, 0) is 42.7 Å². The van der Waals surface area contributed by atoms with E-state index in [-0.39, 0.29) is 22.4 Å². The number of primary amides is 1. The van der Waals surface area contributed by atoms with Crippen LogP contribution in [0.25, 0.3) is 11.0 Å². The lowest BCUT2D eigenvalue weighted by Crippen LogP contribution is -2.27. The Hall–Kier alpha value is -3.81. The fourth-order valence-corrected chi connectivity index (χ4v) is 3.41. The predicted molar refractivity (Wildman–Crippen MR) is 120 cm³/mol. The standard InChI is InChI=1S/C24H27N3O5/c1-3-4-5-6-9-15-12-16-13-18(22(25)29)24(32-21(16)14-19(15)28)27-26-23(30)17-10-7-8-11-20(17)31-2/h7-8,10-14,28H,3-6,9H2,1-2H3,(H2,25,29)(H,26,30). The van der Waals surface area contributed by atoms with Crippen LogP contribution in [0.2, 0.25) is 0 Å². The number of aromatic hydroxyl groups is 1. The van der Waals surface area contributed by atoms with Crippen LogP contribution in [0.1, 0.15) is 58.9 Å². The number of aryl methyl sites for hydroxylation is 1. The third kappa shape index (κ3) is 5.26. The van der Waals surface area contributed by atoms with Crippen molar-refractivity contribution in [2.24, 2.45) is 10.8 Å². The number of carbonyl (C=O) groups is 2. The van der Waals surface area contributed by atoms with Crippen molar-refractivity contribution < 1.29 is 23.8 Å². The topological polar surface area (TPSA) is 127 Å². The van der Waals surface area contributed by atoms with Gasteiger partial charge in [0.15, 0.2) is 0 Å². The summed E-state index contributed by atoms with van der Waals surface area (Å²) in [4.78, 5) is 24.5. The van der Waals surface area contributed by atoms with E-state index in [2.05, 4.69) is 17.5 Å². The van der Waals surface area contributed by atoms with Gasteiger partial charge in [0.25, 0.3) is 11.8 Å². The van der Waals surface area contributed by atoms with Gasteiger partial charge >= 0.3 is 0 Å². The number of unbranched alkanes of at least 4 members (excludes halogenated alkanes) is 3. The van der Waals surface area contributed by atoms with Gasteiger partial charge in [0.2, 0.25) is 5.55 Å². The first kappa shape index (κ1) is 22.9. The normalized spacial score (nSPS) is 11.5. The molecule has 32 heavy (non-hydrogen) atoms. The number of phenols is 1. The second-order valence-electron chi connectivity index (χ2n) is 7.41. The molecule has 0 aliphatic heterocycles. The number of rotatable bonds is 9. The van der Waals surface area contributed by atoms with E-state index in [0.29, 0.717) is 16.7 Å². The molecule has 0 bridgehead atoms. The molecule has 1 aromatic heterocycles. The molecule has 0 radical (unpaired) electrons. The van der Waals surface area contributed by atoms with E-state index in [1.54, 1.807) is 36.4 Å². The molecule has 3 aromatic rings. The third-order valence-electron chi connectivity index (χ3n) is 5.12. The van der Waals surface area contributed by atoms with Gasteiger partial charge in [0, 0.05) is 11.5 Å². The first-order valence-electron chi connectivity index (χ1n) is 10.5. The van der Waals surface area contributed by atoms with E-state index < -0.39 is 11.8 Å². The number of nitrogens with two attached hydrogens (primary N) is 1. The zero-order chi connectivity index (χ0) is 23.1. The number of nitrogens with one attached hydrogen (secondary N) is 1. The molecule has 0 fully saturated rings. The van der Waals surface area contributed by atoms with Crippen LogP contribution in [0.3, 0.4) is 0 Å². The van der Waals surface area contributed by atoms with Gasteiger partial charge in [0.1, 0.15) is 22.6 Å². The summed E-state index contributed by atoms with van der Waals surface area (Å²) in [5.41, 5.74) is 9.07. The Morgan fingerprint density at radius 2 is 1.91 bits per heavy atom. The van der Waals surface area contributed by atoms with Crippen LogP contribution < -0.4 is 21.5 Å². The second kappa shape index (κ2) is 10.5. The van der Waals surface area contributed by atoms with Gasteiger partial charge in [-0.1, -0.05) is 38.3 Å². The highest BCUT2D eigenvalue weighted by Gasteiger charge is 2.14. The van der Waals surface area contributed by atoms with Gasteiger partial charge in [-0.3, -0.25) is 9.59 Å². The van der Waals surface area contributed by atoms with E-state index in [0.717, 1.165) is 37.7 Å². The van der Waals surface area contributed by atoms with Crippen LogP contribution in [-0.4, -0.2) is 24.0 Å². The molecular formula is C24H27N3O5. The number of phenolic OH excluding ortho intramolecular Hbond substituents is 1. The highest BCUT2D eigenvalue weighted by molar-refractivity contribution is 5.97. The summed E-state index contributed by atoms with van der Waals surface area (Å²) in [5, 5.41) is 14.9. The minimum atomic E-state index is -0.751. The number of hydrogen-bond donors (Lipinski definition) is 3. The lowest BCUT2D eigenvalue weighted by atomic mass is 10.0. The van der Waals surface area contributed by atoms with Crippen LogP contribution in [-0.2, 0) is 6.42 Å². The van der Waals surface area contributed by atoms with E-state index in [4.69, 9.17) is 14.9 Å². The third-order valence-corrected chi connectivity index (χ3v) is 5.12. The van der Waals surface area contributed by atoms with Crippen molar-refractivity contribution in [2.75, 3.05) is 7.11 Å². The predicted octanol–water partition coefficient (Wildman–Crippen LogP) is 3.61. The van der Waals surface area contributed by atoms with E-state index in [9.17, 15) is 14.7 Å². The molecule has 0 aliphatic rings. The van der Waals surface area contributed by atoms with Gasteiger partial charge in [-0.2, -0.15) is 0 Å². The quantitative estimate of drug-likeness (QED) is 0.348. The highest BCUT2D eigenvalue weighted by atomic mass is 16.5. The number of ether oxygens (including phenoxy) is 1. The Labute approximate surface area is 185 Å². The Bertz CT molecular complexity index is 1200. The summed E-state index contributed by atoms with van der Waals surface area (Å²) >= 11 is 0. The molecule has 8 heteroatoms. The molecule has 0 saturated carbocycles. The number of para-hydroxylation sites is 1. The first-order valence-corrected chi connectivity index (χ1v) is 10.5. The number of benzene rings is 2. The molecule has 3 rings (SSSR count). The molecule has 168 valence electrons. The maximum Gasteiger partial charge on any atom is 0.275 e. The zero-order valence-electron chi connectivity index (χ0n) is 18.2. The highest BCUT2D eigenvalue weighted by Crippen LogP contribution is 2.26. The SMILES string of the molecule is CCCCCCc1cc2cc(C(N)=O)c(=NNC(=O)c3ccccc3OC)oc2cc1O. The van der Waals surface area contributed by atoms with Crippen molar-refractivity contribution in [3.8, 4) is 11.5 Å². The van der Waals surface area contributed by atoms with Crippen molar-refractivity contribution in [2.45, 2.75) is 39.0 Å². The number of carbonyl (C=O) groups excluding carboxylic acids is 2. The number of hydrogen-bond acceptors (Lipinski definition) is 6. The Morgan fingerprint density at radius 3 is 2.62 bits per heavy atom. The van der Waals surface area contributed by atoms with E-state index >= 15 is 0 Å². The number of amides is 2. The zero-order valence-corrected chi connectivity index (χ0v) is 18.2. The number of fused-ring (bicyclic) bond motifs is 1. The van der Waals surface area contributed by atoms with Crippen LogP contribution in [0.15, 0.2) is 52.0 Å². The van der Waals surface area contributed by atoms with Gasteiger partial charge in [-0.15, -0.1) is 5.10 Å². The smallest absolute Gasteiger partial charge is 0.275 e. The lowest BCUT2D eigenvalue weighted by molar-refractivity contribution is 0.0943. The summed E-state index contributed by atoms with van der Waals surface area (Å²) in [5.74, 6) is -0.812. The van der Waals surface area contributed by atoms with Crippen molar-refractivity contribution in [1.82, 2.24) is 5.43 Å². The van der Waals surface area contributed by atoms with Gasteiger partial charge < -0.3 is 20.0 Å². The molecular weight excluding hydrogens is 410 g/mol. The summed E-state index contributed by atoms with van der Waals surface area (Å²) in [6.07, 6.45) is 5.02. The Kier molecular flexibility index (Phi) is 7.49. The van der Waals surface area contributed by atoms with Gasteiger partial charge in [-0.25, -0.2) is 5.43 Å². The van der Waals surface area contributed by atoms with Crippen molar-refractivity contribution >= 4 is 22.8 Å². The van der Waals surface area contributed by atoms with E-state index in [1.807, 2.05) is 0 Å². The number of nitrogens with zero attached hydrogens (tertiary/aromatic N) is 1. The summed E-state index contributed by atoms with van der Waals surface area (Å²) in [6, 6.07) is 11.5. The van der Waals surface area contributed by atoms with Crippen LogP contribution in [0.5, 0.6) is 11.5 Å². The minimum Gasteiger partial charge on any atom is -0.508 e. The molecule has 0 saturated heterocycles. The Balaban J connectivity index is 1.95. The molecule has 2 amide bonds. The molecule has 4 N–H and O–H groups in total. The fraction of sp³-hybridized carbons (Fsp3) is 0.292. The second-order valence-corrected chi connectivity index (χ2v) is 7.41. The van der Waals surface area contributed by atoms with E-state index in [1.165, 1.54) is 13.2 Å². The molecule has 8 nitrogen and oxygen atoms in total. The largest absolute Gasteiger partial charge is 0.508 e. The Morgan fingerprint density at radius 1 is 1.12 bits per heavy atom. The maximum absolute atomic E-state index is 12.5. The molecule has 0 unspecified atom stereocenters. The van der Waals surface area contributed by atoms with Crippen LogP contribution in [0.4, 0.5) is 0 Å². The number of methoxy groups -OCH3 is 1. The van der Waals surface area contributed by atoms with Crippen molar-refractivity contribution in [3.05, 3.63) is 64.7 Å². The lowest BCUT2D eigenvalue weighted by Gasteiger charge is -2.08. The monoisotopic (exact) mass is 437 g/mol. The molecule has 1 heterocycles. The van der Waals surface area contributed by atoms with Crippen LogP contribution in [0, 0.1) is 0 Å². The van der Waals surface area contributed by atoms with Crippen LogP contribution >= 0.6 is 0 Å². The van der Waals surface area contributed by atoms with Crippen molar-refractivity contribution in [3.63, 3.8) is 0 Å². The van der Waals surface area contributed by atoms with Gasteiger partial charge in [0.05, 0.1) is 12.7 Å². The molecule has 2 aromatic carbocycles. The summed E-state index contributed by atoms with van der Waals surface area (Å²) < 4.78 is 10.9. The molecule has 0 atom stereocenters. The van der Waals surface area contributed by atoms with Crippen molar-refractivity contribution in [1.29, 1.82) is 0 Å². The first-order chi connectivity index (χ1) is 15.4. The summed E-state index contributed by atoms with van der Waals surface area (Å²) in [7, 11) is 1.46. The fourth-order valence-electron chi connectivity index (χ4n) is 3.41. The molecule has 0 spiro atoms. The molecule has 0 aliphatic carbocycles.